The van der Waals surface area contributed by atoms with Gasteiger partial charge in [-0.05, 0) is 30.3 Å². The highest BCUT2D eigenvalue weighted by Crippen LogP contribution is 2.36. The summed E-state index contributed by atoms with van der Waals surface area (Å²) in [4.78, 5) is 37.7. The molecule has 0 spiro atoms. The van der Waals surface area contributed by atoms with Crippen molar-refractivity contribution >= 4 is 45.9 Å². The van der Waals surface area contributed by atoms with Crippen LogP contribution in [0, 0.1) is 0 Å². The van der Waals surface area contributed by atoms with Crippen molar-refractivity contribution in [1.29, 1.82) is 0 Å². The molecule has 1 N–H and O–H groups in total. The molecular formula is C15H9NO4S2. The van der Waals surface area contributed by atoms with Crippen molar-refractivity contribution in [2.45, 2.75) is 4.90 Å². The summed E-state index contributed by atoms with van der Waals surface area (Å²) in [5.74, 6) is -2.14. The second kappa shape index (κ2) is 5.51. The Balaban J connectivity index is 2.12. The second-order valence-electron chi connectivity index (χ2n) is 4.57. The van der Waals surface area contributed by atoms with Crippen LogP contribution in [0.1, 0.15) is 31.1 Å². The summed E-state index contributed by atoms with van der Waals surface area (Å²) in [5.41, 5.74) is 0.710. The van der Waals surface area contributed by atoms with E-state index < -0.39 is 17.8 Å². The van der Waals surface area contributed by atoms with Crippen molar-refractivity contribution in [1.82, 2.24) is 0 Å². The molecule has 0 aromatic heterocycles. The van der Waals surface area contributed by atoms with Crippen LogP contribution in [0.3, 0.4) is 0 Å². The van der Waals surface area contributed by atoms with Crippen molar-refractivity contribution in [2.24, 2.45) is 0 Å². The van der Waals surface area contributed by atoms with Crippen LogP contribution in [0.5, 0.6) is 0 Å². The van der Waals surface area contributed by atoms with Gasteiger partial charge in [0.25, 0.3) is 11.8 Å². The summed E-state index contributed by atoms with van der Waals surface area (Å²) in [6, 6.07) is 10.8. The summed E-state index contributed by atoms with van der Waals surface area (Å²) >= 11 is 4.13. The summed E-state index contributed by atoms with van der Waals surface area (Å²) < 4.78 is 0. The minimum atomic E-state index is -1.15. The molecule has 3 rings (SSSR count). The third-order valence-corrected chi connectivity index (χ3v) is 4.47. The van der Waals surface area contributed by atoms with Gasteiger partial charge in [0.2, 0.25) is 0 Å². The monoisotopic (exact) mass is 331 g/mol. The van der Waals surface area contributed by atoms with Gasteiger partial charge < -0.3 is 5.11 Å². The second-order valence-corrected chi connectivity index (χ2v) is 5.74. The molecular weight excluding hydrogens is 322 g/mol. The topological polar surface area (TPSA) is 74.7 Å². The van der Waals surface area contributed by atoms with Gasteiger partial charge >= 0.3 is 5.97 Å². The minimum absolute atomic E-state index is 0.0291. The number of carboxylic acid groups (broad SMARTS) is 1. The number of para-hydroxylation sites is 1. The van der Waals surface area contributed by atoms with Gasteiger partial charge in [0.05, 0.1) is 22.4 Å². The van der Waals surface area contributed by atoms with E-state index >= 15 is 0 Å². The standard InChI is InChI=1S/C15H9NO4S2/c17-13-9-6-5-8(15(19)20)7-10(9)14(18)16(13)11-3-1-2-4-12(11)22-21/h1-7,21H,(H,19,20). The molecule has 0 saturated heterocycles. The first-order valence-electron chi connectivity index (χ1n) is 6.21. The number of fused-ring (bicyclic) bond motifs is 1. The van der Waals surface area contributed by atoms with Crippen LogP contribution in [0.25, 0.3) is 0 Å². The van der Waals surface area contributed by atoms with Crippen molar-refractivity contribution < 1.29 is 19.5 Å². The fourth-order valence-corrected chi connectivity index (χ4v) is 3.17. The number of carbonyl (C=O) groups excluding carboxylic acids is 2. The Morgan fingerprint density at radius 1 is 1.05 bits per heavy atom. The lowest BCUT2D eigenvalue weighted by Crippen LogP contribution is -2.29. The van der Waals surface area contributed by atoms with E-state index in [1.165, 1.54) is 18.2 Å². The quantitative estimate of drug-likeness (QED) is 0.513. The predicted molar refractivity (Wildman–Crippen MR) is 85.8 cm³/mol. The SMILES string of the molecule is O=C(O)c1ccc2c(c1)C(=O)N(c1ccccc1SS)C2=O. The number of thiol groups is 1. The van der Waals surface area contributed by atoms with Gasteiger partial charge in [-0.3, -0.25) is 9.59 Å². The fourth-order valence-electron chi connectivity index (χ4n) is 2.31. The van der Waals surface area contributed by atoms with Gasteiger partial charge in [0.15, 0.2) is 0 Å². The number of nitrogens with zero attached hydrogens (tertiary/aromatic N) is 1. The van der Waals surface area contributed by atoms with Crippen molar-refractivity contribution in [3.8, 4) is 0 Å². The molecule has 110 valence electrons. The molecule has 1 aliphatic heterocycles. The van der Waals surface area contributed by atoms with Gasteiger partial charge in [-0.25, -0.2) is 9.69 Å². The molecule has 2 aromatic carbocycles. The van der Waals surface area contributed by atoms with E-state index in [1.54, 1.807) is 24.3 Å². The Kier molecular flexibility index (Phi) is 3.67. The molecule has 0 saturated carbocycles. The molecule has 0 bridgehead atoms. The minimum Gasteiger partial charge on any atom is -0.478 e. The Morgan fingerprint density at radius 2 is 1.73 bits per heavy atom. The number of anilines is 1. The van der Waals surface area contributed by atoms with Crippen LogP contribution in [0.4, 0.5) is 5.69 Å². The largest absolute Gasteiger partial charge is 0.478 e. The van der Waals surface area contributed by atoms with Crippen LogP contribution in [0.2, 0.25) is 0 Å². The maximum absolute atomic E-state index is 12.5. The van der Waals surface area contributed by atoms with Crippen molar-refractivity contribution in [3.05, 3.63) is 59.2 Å². The molecule has 7 heteroatoms. The van der Waals surface area contributed by atoms with E-state index in [1.807, 2.05) is 0 Å². The Morgan fingerprint density at radius 3 is 2.41 bits per heavy atom. The maximum atomic E-state index is 12.5. The Hall–Kier alpha value is -2.25. The molecule has 0 radical (unpaired) electrons. The van der Waals surface area contributed by atoms with Gasteiger partial charge in [-0.2, -0.15) is 0 Å². The first-order valence-corrected chi connectivity index (χ1v) is 8.08. The molecule has 1 heterocycles. The number of benzene rings is 2. The zero-order valence-corrected chi connectivity index (χ0v) is 12.7. The average molecular weight is 331 g/mol. The maximum Gasteiger partial charge on any atom is 0.335 e. The highest BCUT2D eigenvalue weighted by atomic mass is 33.1. The molecule has 22 heavy (non-hydrogen) atoms. The summed E-state index contributed by atoms with van der Waals surface area (Å²) in [6.07, 6.45) is 0. The number of hydrogen-bond acceptors (Lipinski definition) is 5. The van der Waals surface area contributed by atoms with E-state index in [0.717, 1.165) is 15.7 Å². The number of hydrogen-bond donors (Lipinski definition) is 2. The lowest BCUT2D eigenvalue weighted by atomic mass is 10.1. The molecule has 0 atom stereocenters. The number of imide groups is 1. The first kappa shape index (κ1) is 14.7. The van der Waals surface area contributed by atoms with E-state index in [2.05, 4.69) is 11.7 Å². The van der Waals surface area contributed by atoms with Crippen molar-refractivity contribution in [2.75, 3.05) is 4.90 Å². The van der Waals surface area contributed by atoms with Crippen LogP contribution in [-0.4, -0.2) is 22.9 Å². The lowest BCUT2D eigenvalue weighted by Gasteiger charge is -2.16. The zero-order chi connectivity index (χ0) is 15.9. The number of aromatic carboxylic acids is 1. The normalized spacial score (nSPS) is 13.4. The molecule has 1 aliphatic rings. The van der Waals surface area contributed by atoms with Crippen LogP contribution in [-0.2, 0) is 0 Å². The average Bonchev–Trinajstić information content (AvgIpc) is 2.78. The first-order chi connectivity index (χ1) is 10.5. The highest BCUT2D eigenvalue weighted by molar-refractivity contribution is 8.68. The molecule has 0 unspecified atom stereocenters. The van der Waals surface area contributed by atoms with Crippen LogP contribution >= 0.6 is 22.5 Å². The Bertz CT molecular complexity index is 819. The Labute approximate surface area is 134 Å². The predicted octanol–water partition coefficient (Wildman–Crippen LogP) is 3.12. The van der Waals surface area contributed by atoms with E-state index in [4.69, 9.17) is 5.11 Å². The van der Waals surface area contributed by atoms with Gasteiger partial charge in [0, 0.05) is 4.90 Å². The van der Waals surface area contributed by atoms with Gasteiger partial charge in [-0.1, -0.05) is 22.9 Å². The number of carboxylic acids is 1. The van der Waals surface area contributed by atoms with E-state index in [9.17, 15) is 14.4 Å². The fraction of sp³-hybridized carbons (Fsp3) is 0. The number of rotatable bonds is 3. The lowest BCUT2D eigenvalue weighted by molar-refractivity contribution is 0.0696. The van der Waals surface area contributed by atoms with E-state index in [-0.39, 0.29) is 16.7 Å². The molecule has 2 amide bonds. The summed E-state index contributed by atoms with van der Waals surface area (Å²) in [5, 5.41) is 9.01. The van der Waals surface area contributed by atoms with Crippen LogP contribution in [0.15, 0.2) is 47.4 Å². The summed E-state index contributed by atoms with van der Waals surface area (Å²) in [7, 11) is 1.13. The molecule has 2 aromatic rings. The van der Waals surface area contributed by atoms with Gasteiger partial charge in [-0.15, -0.1) is 11.7 Å². The molecule has 0 aliphatic carbocycles. The van der Waals surface area contributed by atoms with Crippen molar-refractivity contribution in [3.63, 3.8) is 0 Å². The highest BCUT2D eigenvalue weighted by Gasteiger charge is 2.38. The number of amides is 2. The smallest absolute Gasteiger partial charge is 0.335 e. The molecule has 0 fully saturated rings. The van der Waals surface area contributed by atoms with Gasteiger partial charge in [0.1, 0.15) is 0 Å². The number of carbonyl (C=O) groups is 3. The molecule has 5 nitrogen and oxygen atoms in total. The third-order valence-electron chi connectivity index (χ3n) is 3.34. The van der Waals surface area contributed by atoms with E-state index in [0.29, 0.717) is 10.6 Å². The third kappa shape index (κ3) is 2.18. The van der Waals surface area contributed by atoms with Crippen LogP contribution < -0.4 is 4.90 Å². The zero-order valence-electron chi connectivity index (χ0n) is 11.0. The summed E-state index contributed by atoms with van der Waals surface area (Å²) in [6.45, 7) is 0.